The predicted octanol–water partition coefficient (Wildman–Crippen LogP) is 4.35. The second-order valence-electron chi connectivity index (χ2n) is 7.28. The van der Waals surface area contributed by atoms with Crippen LogP contribution in [0.1, 0.15) is 16.1 Å². The highest BCUT2D eigenvalue weighted by molar-refractivity contribution is 7.92. The van der Waals surface area contributed by atoms with E-state index in [0.717, 1.165) is 11.5 Å². The van der Waals surface area contributed by atoms with E-state index in [1.165, 1.54) is 26.4 Å². The van der Waals surface area contributed by atoms with Crippen LogP contribution in [0.3, 0.4) is 0 Å². The summed E-state index contributed by atoms with van der Waals surface area (Å²) >= 11 is 0. The number of phenols is 1. The Labute approximate surface area is 196 Å². The van der Waals surface area contributed by atoms with Crippen LogP contribution in [0.2, 0.25) is 0 Å². The van der Waals surface area contributed by atoms with Crippen molar-refractivity contribution < 1.29 is 32.2 Å². The molecule has 176 valence electrons. The van der Waals surface area contributed by atoms with Gasteiger partial charge in [-0.2, -0.15) is 0 Å². The van der Waals surface area contributed by atoms with E-state index in [1.54, 1.807) is 42.5 Å². The molecule has 0 radical (unpaired) electrons. The smallest absolute Gasteiger partial charge is 0.291 e. The molecule has 4 rings (SSSR count). The molecule has 10 heteroatoms. The van der Waals surface area contributed by atoms with Gasteiger partial charge in [0.05, 0.1) is 30.0 Å². The molecule has 0 aliphatic rings. The van der Waals surface area contributed by atoms with Crippen LogP contribution in [0.15, 0.2) is 76.0 Å². The van der Waals surface area contributed by atoms with Crippen LogP contribution in [-0.4, -0.2) is 33.7 Å². The molecule has 9 nitrogen and oxygen atoms in total. The molecule has 34 heavy (non-hydrogen) atoms. The largest absolute Gasteiger partial charge is 0.506 e. The average Bonchev–Trinajstić information content (AvgIpc) is 3.19. The number of carbonyl (C=O) groups excluding carboxylic acids is 1. The molecule has 0 aliphatic carbocycles. The molecule has 0 bridgehead atoms. The third-order valence-corrected chi connectivity index (χ3v) is 6.43. The highest BCUT2D eigenvalue weighted by Crippen LogP contribution is 2.32. The molecule has 1 heterocycles. The number of aromatic hydroxyl groups is 1. The Morgan fingerprint density at radius 2 is 1.74 bits per heavy atom. The summed E-state index contributed by atoms with van der Waals surface area (Å²) in [7, 11) is -1.13. The zero-order chi connectivity index (χ0) is 24.3. The number of rotatable bonds is 8. The van der Waals surface area contributed by atoms with Crippen molar-refractivity contribution in [2.24, 2.45) is 0 Å². The number of ether oxygens (including phenoxy) is 2. The predicted molar refractivity (Wildman–Crippen MR) is 127 cm³/mol. The molecule has 0 atom stereocenters. The van der Waals surface area contributed by atoms with Crippen molar-refractivity contribution in [3.63, 3.8) is 0 Å². The van der Waals surface area contributed by atoms with E-state index in [9.17, 15) is 18.3 Å². The van der Waals surface area contributed by atoms with Gasteiger partial charge in [0.1, 0.15) is 17.1 Å². The first-order chi connectivity index (χ1) is 16.3. The van der Waals surface area contributed by atoms with Crippen molar-refractivity contribution >= 4 is 38.3 Å². The number of sulfonamides is 1. The zero-order valence-corrected chi connectivity index (χ0v) is 19.2. The fraction of sp³-hybridized carbons (Fsp3) is 0.125. The first kappa shape index (κ1) is 23.1. The van der Waals surface area contributed by atoms with Gasteiger partial charge in [-0.25, -0.2) is 8.42 Å². The average molecular weight is 483 g/mol. The van der Waals surface area contributed by atoms with E-state index in [2.05, 4.69) is 10.0 Å². The van der Waals surface area contributed by atoms with Gasteiger partial charge >= 0.3 is 0 Å². The Morgan fingerprint density at radius 1 is 1.00 bits per heavy atom. The number of furan rings is 1. The van der Waals surface area contributed by atoms with Crippen molar-refractivity contribution in [3.05, 3.63) is 78.1 Å². The number of para-hydroxylation sites is 3. The molecule has 0 fully saturated rings. The maximum Gasteiger partial charge on any atom is 0.291 e. The molecule has 3 N–H and O–H groups in total. The van der Waals surface area contributed by atoms with Crippen LogP contribution >= 0.6 is 0 Å². The summed E-state index contributed by atoms with van der Waals surface area (Å²) in [6, 6.07) is 17.2. The van der Waals surface area contributed by atoms with E-state index < -0.39 is 15.9 Å². The first-order valence-electron chi connectivity index (χ1n) is 10.1. The lowest BCUT2D eigenvalue weighted by Gasteiger charge is -2.13. The van der Waals surface area contributed by atoms with E-state index in [0.29, 0.717) is 16.9 Å². The van der Waals surface area contributed by atoms with Gasteiger partial charge in [-0.05, 0) is 36.4 Å². The first-order valence-corrected chi connectivity index (χ1v) is 11.6. The molecule has 1 aromatic heterocycles. The van der Waals surface area contributed by atoms with Crippen molar-refractivity contribution in [3.8, 4) is 11.5 Å². The van der Waals surface area contributed by atoms with Crippen molar-refractivity contribution in [1.29, 1.82) is 0 Å². The minimum absolute atomic E-state index is 0.00265. The minimum Gasteiger partial charge on any atom is -0.506 e. The molecular weight excluding hydrogens is 460 g/mol. The third kappa shape index (κ3) is 4.54. The van der Waals surface area contributed by atoms with Crippen molar-refractivity contribution in [1.82, 2.24) is 0 Å². The van der Waals surface area contributed by atoms with Gasteiger partial charge < -0.3 is 24.3 Å². The summed E-state index contributed by atoms with van der Waals surface area (Å²) in [4.78, 5) is 12.8. The number of methoxy groups -OCH3 is 2. The van der Waals surface area contributed by atoms with Crippen LogP contribution in [0.4, 0.5) is 11.4 Å². The molecule has 0 spiro atoms. The Morgan fingerprint density at radius 3 is 2.50 bits per heavy atom. The number of fused-ring (bicyclic) bond motifs is 1. The molecule has 0 saturated heterocycles. The van der Waals surface area contributed by atoms with E-state index >= 15 is 0 Å². The van der Waals surface area contributed by atoms with E-state index in [1.807, 2.05) is 6.07 Å². The Bertz CT molecular complexity index is 1460. The third-order valence-electron chi connectivity index (χ3n) is 5.07. The summed E-state index contributed by atoms with van der Waals surface area (Å²) in [6.07, 6.45) is 0. The summed E-state index contributed by atoms with van der Waals surface area (Å²) in [5.74, 6) is -0.628. The fourth-order valence-electron chi connectivity index (χ4n) is 3.46. The minimum atomic E-state index is -4.06. The summed E-state index contributed by atoms with van der Waals surface area (Å²) in [6.45, 7) is 0.128. The van der Waals surface area contributed by atoms with Gasteiger partial charge in [-0.1, -0.05) is 30.3 Å². The van der Waals surface area contributed by atoms with Gasteiger partial charge in [0.25, 0.3) is 15.9 Å². The van der Waals surface area contributed by atoms with E-state index in [-0.39, 0.29) is 34.4 Å². The highest BCUT2D eigenvalue weighted by Gasteiger charge is 2.23. The number of amides is 1. The number of hydrogen-bond acceptors (Lipinski definition) is 7. The lowest BCUT2D eigenvalue weighted by atomic mass is 10.1. The van der Waals surface area contributed by atoms with Crippen LogP contribution in [0.25, 0.3) is 11.0 Å². The van der Waals surface area contributed by atoms with Gasteiger partial charge in [0, 0.05) is 18.1 Å². The van der Waals surface area contributed by atoms with Gasteiger partial charge in [0.15, 0.2) is 5.76 Å². The van der Waals surface area contributed by atoms with Crippen molar-refractivity contribution in [2.45, 2.75) is 11.5 Å². The molecule has 0 aliphatic heterocycles. The second-order valence-corrected chi connectivity index (χ2v) is 8.96. The normalized spacial score (nSPS) is 11.4. The quantitative estimate of drug-likeness (QED) is 0.319. The maximum absolute atomic E-state index is 13.0. The molecule has 3 aromatic carbocycles. The number of benzene rings is 3. The van der Waals surface area contributed by atoms with Gasteiger partial charge in [0.2, 0.25) is 0 Å². The van der Waals surface area contributed by atoms with Crippen LogP contribution in [-0.2, 0) is 21.4 Å². The number of hydrogen-bond donors (Lipinski definition) is 3. The number of phenolic OH excluding ortho intramolecular Hbond substituents is 1. The second kappa shape index (κ2) is 9.46. The van der Waals surface area contributed by atoms with Crippen LogP contribution in [0.5, 0.6) is 11.5 Å². The number of carbonyl (C=O) groups is 1. The zero-order valence-electron chi connectivity index (χ0n) is 18.4. The van der Waals surface area contributed by atoms with E-state index in [4.69, 9.17) is 13.9 Å². The fourth-order valence-corrected chi connectivity index (χ4v) is 4.56. The molecule has 0 saturated carbocycles. The van der Waals surface area contributed by atoms with Crippen LogP contribution < -0.4 is 14.8 Å². The van der Waals surface area contributed by atoms with Gasteiger partial charge in [-0.3, -0.25) is 9.52 Å². The summed E-state index contributed by atoms with van der Waals surface area (Å²) in [5.41, 5.74) is 1.19. The Hall–Kier alpha value is -4.02. The molecule has 0 unspecified atom stereocenters. The molecule has 4 aromatic rings. The molecular formula is C24H22N2O7S. The SMILES string of the molecule is COCc1c(C(=O)Nc2cc(S(=O)(=O)Nc3ccccc3OC)ccc2O)oc2ccccc12. The Kier molecular flexibility index (Phi) is 6.44. The maximum atomic E-state index is 13.0. The number of nitrogens with one attached hydrogen (secondary N) is 2. The lowest BCUT2D eigenvalue weighted by Crippen LogP contribution is -2.16. The Balaban J connectivity index is 1.65. The highest BCUT2D eigenvalue weighted by atomic mass is 32.2. The summed E-state index contributed by atoms with van der Waals surface area (Å²) < 4.78 is 44.5. The monoisotopic (exact) mass is 482 g/mol. The lowest BCUT2D eigenvalue weighted by molar-refractivity contribution is 0.0991. The van der Waals surface area contributed by atoms with Crippen LogP contribution in [0, 0.1) is 0 Å². The topological polar surface area (TPSA) is 127 Å². The standard InChI is InChI=1S/C24H22N2O7S/c1-31-14-17-16-7-3-5-9-21(16)33-23(17)24(28)25-19-13-15(11-12-20(19)27)34(29,30)26-18-8-4-6-10-22(18)32-2/h3-13,26-27H,14H2,1-2H3,(H,25,28). The number of anilines is 2. The summed E-state index contributed by atoms with van der Waals surface area (Å²) in [5, 5.41) is 13.5. The van der Waals surface area contributed by atoms with Crippen molar-refractivity contribution in [2.75, 3.05) is 24.3 Å². The molecule has 1 amide bonds. The van der Waals surface area contributed by atoms with Gasteiger partial charge in [-0.15, -0.1) is 0 Å².